The lowest BCUT2D eigenvalue weighted by atomic mass is 10.1. The van der Waals surface area contributed by atoms with Crippen molar-refractivity contribution in [2.75, 3.05) is 13.7 Å². The molecule has 1 aromatic carbocycles. The Morgan fingerprint density at radius 2 is 2.15 bits per heavy atom. The van der Waals surface area contributed by atoms with Crippen LogP contribution in [0.1, 0.15) is 4.88 Å². The van der Waals surface area contributed by atoms with Crippen LogP contribution >= 0.6 is 11.3 Å². The second kappa shape index (κ2) is 3.90. The molecule has 0 amide bonds. The monoisotopic (exact) mass is 192 g/mol. The Bertz CT molecular complexity index is 392. The number of methoxy groups -OCH3 is 1. The third kappa shape index (κ3) is 1.74. The Morgan fingerprint density at radius 1 is 1.31 bits per heavy atom. The van der Waals surface area contributed by atoms with Gasteiger partial charge in [-0.15, -0.1) is 11.3 Å². The highest BCUT2D eigenvalue weighted by atomic mass is 32.1. The summed E-state index contributed by atoms with van der Waals surface area (Å²) in [4.78, 5) is 1.43. The van der Waals surface area contributed by atoms with E-state index in [9.17, 15) is 0 Å². The first-order valence-corrected chi connectivity index (χ1v) is 5.24. The van der Waals surface area contributed by atoms with Gasteiger partial charge in [0.05, 0.1) is 6.61 Å². The highest BCUT2D eigenvalue weighted by Gasteiger charge is 2.01. The van der Waals surface area contributed by atoms with Gasteiger partial charge >= 0.3 is 0 Å². The van der Waals surface area contributed by atoms with Crippen molar-refractivity contribution < 1.29 is 4.74 Å². The van der Waals surface area contributed by atoms with Crippen molar-refractivity contribution in [2.45, 2.75) is 6.42 Å². The van der Waals surface area contributed by atoms with Gasteiger partial charge in [-0.2, -0.15) is 0 Å². The normalized spacial score (nSPS) is 10.8. The lowest BCUT2D eigenvalue weighted by molar-refractivity contribution is 0.203. The number of ether oxygens (including phenoxy) is 1. The number of fused-ring (bicyclic) bond motifs is 1. The molecule has 0 unspecified atom stereocenters. The average molecular weight is 192 g/mol. The Morgan fingerprint density at radius 3 is 3.00 bits per heavy atom. The van der Waals surface area contributed by atoms with Crippen molar-refractivity contribution in [1.82, 2.24) is 0 Å². The first-order valence-electron chi connectivity index (χ1n) is 4.36. The van der Waals surface area contributed by atoms with Gasteiger partial charge in [0.25, 0.3) is 0 Å². The standard InChI is InChI=1S/C11H12OS/c1-12-7-6-11-10-5-3-2-4-9(10)8-13-11/h2-5,8H,6-7H2,1H3. The predicted molar refractivity (Wildman–Crippen MR) is 57.4 cm³/mol. The van der Waals surface area contributed by atoms with Crippen molar-refractivity contribution in [3.63, 3.8) is 0 Å². The Labute approximate surface area is 82.0 Å². The molecule has 0 atom stereocenters. The topological polar surface area (TPSA) is 9.23 Å². The summed E-state index contributed by atoms with van der Waals surface area (Å²) < 4.78 is 5.07. The van der Waals surface area contributed by atoms with Crippen LogP contribution in [0.2, 0.25) is 0 Å². The van der Waals surface area contributed by atoms with Gasteiger partial charge < -0.3 is 4.74 Å². The molecule has 1 heterocycles. The fourth-order valence-corrected chi connectivity index (χ4v) is 2.43. The van der Waals surface area contributed by atoms with E-state index < -0.39 is 0 Å². The van der Waals surface area contributed by atoms with Gasteiger partial charge in [0.1, 0.15) is 0 Å². The lowest BCUT2D eigenvalue weighted by Gasteiger charge is -1.97. The maximum Gasteiger partial charge on any atom is 0.0510 e. The molecule has 2 heteroatoms. The van der Waals surface area contributed by atoms with Gasteiger partial charge in [-0.1, -0.05) is 24.3 Å². The summed E-state index contributed by atoms with van der Waals surface area (Å²) in [5, 5.41) is 4.93. The molecule has 0 bridgehead atoms. The van der Waals surface area contributed by atoms with Crippen LogP contribution in [0.25, 0.3) is 10.8 Å². The first-order chi connectivity index (χ1) is 6.42. The number of benzene rings is 1. The molecule has 0 saturated carbocycles. The molecule has 0 saturated heterocycles. The number of rotatable bonds is 3. The summed E-state index contributed by atoms with van der Waals surface area (Å²) in [6.07, 6.45) is 1.02. The van der Waals surface area contributed by atoms with Crippen LogP contribution in [0.3, 0.4) is 0 Å². The van der Waals surface area contributed by atoms with Crippen LogP contribution in [0.4, 0.5) is 0 Å². The molecule has 1 aromatic heterocycles. The van der Waals surface area contributed by atoms with Crippen LogP contribution in [-0.4, -0.2) is 13.7 Å². The van der Waals surface area contributed by atoms with E-state index in [1.807, 2.05) is 11.3 Å². The summed E-state index contributed by atoms with van der Waals surface area (Å²) in [6, 6.07) is 8.50. The fraction of sp³-hybridized carbons (Fsp3) is 0.273. The molecular weight excluding hydrogens is 180 g/mol. The predicted octanol–water partition coefficient (Wildman–Crippen LogP) is 3.09. The smallest absolute Gasteiger partial charge is 0.0510 e. The third-order valence-electron chi connectivity index (χ3n) is 2.12. The largest absolute Gasteiger partial charge is 0.384 e. The van der Waals surface area contributed by atoms with E-state index in [2.05, 4.69) is 29.6 Å². The molecule has 0 aliphatic rings. The highest BCUT2D eigenvalue weighted by Crippen LogP contribution is 2.25. The van der Waals surface area contributed by atoms with E-state index in [0.717, 1.165) is 13.0 Å². The molecule has 0 aliphatic heterocycles. The molecule has 2 rings (SSSR count). The Kier molecular flexibility index (Phi) is 2.62. The molecule has 0 fully saturated rings. The van der Waals surface area contributed by atoms with Crippen molar-refractivity contribution in [3.8, 4) is 0 Å². The van der Waals surface area contributed by atoms with E-state index >= 15 is 0 Å². The fourth-order valence-electron chi connectivity index (χ4n) is 1.44. The average Bonchev–Trinajstić information content (AvgIpc) is 2.58. The van der Waals surface area contributed by atoms with Crippen molar-refractivity contribution >= 4 is 22.1 Å². The second-order valence-electron chi connectivity index (χ2n) is 2.99. The summed E-state index contributed by atoms with van der Waals surface area (Å²) in [6.45, 7) is 0.810. The third-order valence-corrected chi connectivity index (χ3v) is 3.20. The first kappa shape index (κ1) is 8.73. The molecule has 0 spiro atoms. The SMILES string of the molecule is COCCc1scc2ccccc12. The van der Waals surface area contributed by atoms with Crippen LogP contribution in [0.15, 0.2) is 29.6 Å². The Hall–Kier alpha value is -0.860. The van der Waals surface area contributed by atoms with Crippen LogP contribution in [-0.2, 0) is 11.2 Å². The summed E-state index contributed by atoms with van der Waals surface area (Å²) >= 11 is 1.82. The zero-order chi connectivity index (χ0) is 9.10. The molecule has 2 aromatic rings. The van der Waals surface area contributed by atoms with Gasteiger partial charge in [0.2, 0.25) is 0 Å². The van der Waals surface area contributed by atoms with Crippen molar-refractivity contribution in [3.05, 3.63) is 34.5 Å². The molecule has 13 heavy (non-hydrogen) atoms. The maximum absolute atomic E-state index is 5.07. The summed E-state index contributed by atoms with van der Waals surface area (Å²) in [7, 11) is 1.75. The Balaban J connectivity index is 2.35. The minimum absolute atomic E-state index is 0.810. The van der Waals surface area contributed by atoms with Gasteiger partial charge in [0, 0.05) is 18.4 Å². The van der Waals surface area contributed by atoms with Crippen LogP contribution in [0.5, 0.6) is 0 Å². The lowest BCUT2D eigenvalue weighted by Crippen LogP contribution is -1.91. The maximum atomic E-state index is 5.07. The highest BCUT2D eigenvalue weighted by molar-refractivity contribution is 7.11. The molecule has 0 N–H and O–H groups in total. The number of hydrogen-bond acceptors (Lipinski definition) is 2. The summed E-state index contributed by atoms with van der Waals surface area (Å²) in [5.74, 6) is 0. The molecule has 68 valence electrons. The van der Waals surface area contributed by atoms with Gasteiger partial charge in [0.15, 0.2) is 0 Å². The van der Waals surface area contributed by atoms with Gasteiger partial charge in [-0.05, 0) is 16.2 Å². The molecule has 1 nitrogen and oxygen atoms in total. The van der Waals surface area contributed by atoms with Crippen LogP contribution in [0, 0.1) is 0 Å². The van der Waals surface area contributed by atoms with E-state index in [1.165, 1.54) is 15.6 Å². The number of hydrogen-bond donors (Lipinski definition) is 0. The summed E-state index contributed by atoms with van der Waals surface area (Å²) in [5.41, 5.74) is 0. The van der Waals surface area contributed by atoms with E-state index in [1.54, 1.807) is 7.11 Å². The zero-order valence-corrected chi connectivity index (χ0v) is 8.43. The zero-order valence-electron chi connectivity index (χ0n) is 7.62. The van der Waals surface area contributed by atoms with Crippen LogP contribution < -0.4 is 0 Å². The van der Waals surface area contributed by atoms with Crippen molar-refractivity contribution in [2.24, 2.45) is 0 Å². The minimum atomic E-state index is 0.810. The number of thiophene rings is 1. The molecule has 0 radical (unpaired) electrons. The molecule has 0 aliphatic carbocycles. The van der Waals surface area contributed by atoms with Gasteiger partial charge in [-0.3, -0.25) is 0 Å². The minimum Gasteiger partial charge on any atom is -0.384 e. The van der Waals surface area contributed by atoms with E-state index in [-0.39, 0.29) is 0 Å². The van der Waals surface area contributed by atoms with E-state index in [4.69, 9.17) is 4.74 Å². The second-order valence-corrected chi connectivity index (χ2v) is 3.95. The van der Waals surface area contributed by atoms with Gasteiger partial charge in [-0.25, -0.2) is 0 Å². The van der Waals surface area contributed by atoms with Crippen molar-refractivity contribution in [1.29, 1.82) is 0 Å². The van der Waals surface area contributed by atoms with E-state index in [0.29, 0.717) is 0 Å². The quantitative estimate of drug-likeness (QED) is 0.726. The molecular formula is C11H12OS.